The van der Waals surface area contributed by atoms with E-state index in [1.54, 1.807) is 5.01 Å². The minimum absolute atomic E-state index is 0.0461. The van der Waals surface area contributed by atoms with Crippen molar-refractivity contribution in [3.8, 4) is 0 Å². The fourth-order valence-electron chi connectivity index (χ4n) is 3.62. The van der Waals surface area contributed by atoms with Crippen molar-refractivity contribution in [2.75, 3.05) is 13.6 Å². The van der Waals surface area contributed by atoms with Crippen LogP contribution < -0.4 is 0 Å². The second kappa shape index (κ2) is 8.27. The second-order valence-electron chi connectivity index (χ2n) is 8.19. The van der Waals surface area contributed by atoms with Crippen LogP contribution in [-0.2, 0) is 4.79 Å². The van der Waals surface area contributed by atoms with Gasteiger partial charge in [-0.3, -0.25) is 9.69 Å². The van der Waals surface area contributed by atoms with E-state index in [0.29, 0.717) is 12.6 Å². The van der Waals surface area contributed by atoms with Crippen LogP contribution in [0.25, 0.3) is 0 Å². The van der Waals surface area contributed by atoms with Gasteiger partial charge in [-0.15, -0.1) is 0 Å². The topological polar surface area (TPSA) is 35.9 Å². The zero-order valence-corrected chi connectivity index (χ0v) is 17.9. The Kier molecular flexibility index (Phi) is 5.99. The monoisotopic (exact) mass is 377 g/mol. The number of hydrogen-bond donors (Lipinski definition) is 0. The van der Waals surface area contributed by atoms with Gasteiger partial charge in [-0.25, -0.2) is 5.01 Å². The Morgan fingerprint density at radius 2 is 1.86 bits per heavy atom. The Labute approximate surface area is 168 Å². The molecule has 0 saturated heterocycles. The lowest BCUT2D eigenvalue weighted by atomic mass is 9.93. The van der Waals surface area contributed by atoms with Crippen LogP contribution in [0.4, 0.5) is 0 Å². The number of benzene rings is 2. The number of rotatable bonds is 5. The lowest BCUT2D eigenvalue weighted by Crippen LogP contribution is -2.39. The van der Waals surface area contributed by atoms with Gasteiger partial charge in [0.05, 0.1) is 18.3 Å². The van der Waals surface area contributed by atoms with Gasteiger partial charge in [0.15, 0.2) is 0 Å². The summed E-state index contributed by atoms with van der Waals surface area (Å²) in [4.78, 5) is 15.2. The normalized spacial score (nSPS) is 16.8. The molecule has 0 fully saturated rings. The first kappa shape index (κ1) is 20.3. The Bertz CT molecular complexity index is 900. The Balaban J connectivity index is 1.99. The van der Waals surface area contributed by atoms with E-state index >= 15 is 0 Å². The van der Waals surface area contributed by atoms with E-state index in [9.17, 15) is 4.79 Å². The van der Waals surface area contributed by atoms with Crippen LogP contribution in [-0.4, -0.2) is 41.2 Å². The molecule has 2 aromatic rings. The summed E-state index contributed by atoms with van der Waals surface area (Å²) in [5.74, 6) is 0.0461. The molecule has 2 aromatic carbocycles. The van der Waals surface area contributed by atoms with Gasteiger partial charge in [-0.2, -0.15) is 5.10 Å². The fraction of sp³-hybridized carbons (Fsp3) is 0.417. The summed E-state index contributed by atoms with van der Waals surface area (Å²) in [5, 5.41) is 6.57. The fourth-order valence-corrected chi connectivity index (χ4v) is 3.62. The van der Waals surface area contributed by atoms with Crippen molar-refractivity contribution in [2.24, 2.45) is 5.10 Å². The molecule has 4 nitrogen and oxygen atoms in total. The second-order valence-corrected chi connectivity index (χ2v) is 8.19. The molecular formula is C24H31N3O. The number of amides is 1. The highest BCUT2D eigenvalue weighted by molar-refractivity contribution is 6.04. The maximum atomic E-state index is 13.2. The molecule has 0 saturated carbocycles. The van der Waals surface area contributed by atoms with Crippen molar-refractivity contribution < 1.29 is 4.79 Å². The Hall–Kier alpha value is -2.46. The molecular weight excluding hydrogens is 346 g/mol. The van der Waals surface area contributed by atoms with Crippen molar-refractivity contribution >= 4 is 11.6 Å². The molecule has 1 amide bonds. The minimum atomic E-state index is -0.0517. The summed E-state index contributed by atoms with van der Waals surface area (Å²) >= 11 is 0. The molecule has 1 aliphatic heterocycles. The predicted molar refractivity (Wildman–Crippen MR) is 116 cm³/mol. The number of likely N-dealkylation sites (N-methyl/N-ethyl adjacent to an activating group) is 1. The van der Waals surface area contributed by atoms with Crippen LogP contribution in [0.2, 0.25) is 0 Å². The summed E-state index contributed by atoms with van der Waals surface area (Å²) in [6.45, 7) is 10.9. The maximum Gasteiger partial charge on any atom is 0.257 e. The van der Waals surface area contributed by atoms with Gasteiger partial charge in [-0.1, -0.05) is 42.0 Å². The van der Waals surface area contributed by atoms with Crippen LogP contribution >= 0.6 is 0 Å². The van der Waals surface area contributed by atoms with Gasteiger partial charge >= 0.3 is 0 Å². The molecule has 1 atom stereocenters. The molecule has 28 heavy (non-hydrogen) atoms. The van der Waals surface area contributed by atoms with Crippen LogP contribution in [0.3, 0.4) is 0 Å². The summed E-state index contributed by atoms with van der Waals surface area (Å²) in [7, 11) is 1.98. The lowest BCUT2D eigenvalue weighted by molar-refractivity contribution is -0.134. The molecule has 0 spiro atoms. The average Bonchev–Trinajstić information content (AvgIpc) is 3.09. The third-order valence-electron chi connectivity index (χ3n) is 5.68. The van der Waals surface area contributed by atoms with Gasteiger partial charge in [0.25, 0.3) is 5.91 Å². The van der Waals surface area contributed by atoms with E-state index in [-0.39, 0.29) is 11.9 Å². The highest BCUT2D eigenvalue weighted by atomic mass is 16.2. The smallest absolute Gasteiger partial charge is 0.257 e. The van der Waals surface area contributed by atoms with Gasteiger partial charge in [0.1, 0.15) is 0 Å². The molecule has 0 aromatic heterocycles. The van der Waals surface area contributed by atoms with Crippen molar-refractivity contribution in [3.63, 3.8) is 0 Å². The zero-order chi connectivity index (χ0) is 20.4. The van der Waals surface area contributed by atoms with Crippen molar-refractivity contribution in [2.45, 2.75) is 53.1 Å². The summed E-state index contributed by atoms with van der Waals surface area (Å²) in [6.07, 6.45) is 0.742. The molecule has 3 rings (SSSR count). The lowest BCUT2D eigenvalue weighted by Gasteiger charge is -2.27. The predicted octanol–water partition coefficient (Wildman–Crippen LogP) is 4.63. The van der Waals surface area contributed by atoms with Crippen LogP contribution in [0.1, 0.15) is 54.1 Å². The van der Waals surface area contributed by atoms with Gasteiger partial charge in [0, 0.05) is 18.0 Å². The standard InChI is InChI=1S/C24H31N3O/c1-16(2)26(6)15-24(28)27-23(20-10-8-7-9-18(20)4)14-22(25-27)21-13-17(3)11-12-19(21)5/h7-13,16,23H,14-15H2,1-6H3. The highest BCUT2D eigenvalue weighted by Crippen LogP contribution is 2.35. The molecule has 0 aliphatic carbocycles. The van der Waals surface area contributed by atoms with Crippen LogP contribution in [0.5, 0.6) is 0 Å². The number of hydrazone groups is 1. The molecule has 0 bridgehead atoms. The molecule has 148 valence electrons. The highest BCUT2D eigenvalue weighted by Gasteiger charge is 2.34. The first-order valence-corrected chi connectivity index (χ1v) is 10.0. The molecule has 4 heteroatoms. The van der Waals surface area contributed by atoms with Crippen molar-refractivity contribution in [3.05, 3.63) is 70.3 Å². The van der Waals surface area contributed by atoms with Gasteiger partial charge in [0.2, 0.25) is 0 Å². The summed E-state index contributed by atoms with van der Waals surface area (Å²) < 4.78 is 0. The summed E-state index contributed by atoms with van der Waals surface area (Å²) in [6, 6.07) is 15.0. The van der Waals surface area contributed by atoms with Crippen molar-refractivity contribution in [1.29, 1.82) is 0 Å². The number of hydrogen-bond acceptors (Lipinski definition) is 3. The molecule has 0 radical (unpaired) electrons. The quantitative estimate of drug-likeness (QED) is 0.762. The van der Waals surface area contributed by atoms with Crippen LogP contribution in [0, 0.1) is 20.8 Å². The van der Waals surface area contributed by atoms with E-state index in [1.807, 2.05) is 19.2 Å². The Morgan fingerprint density at radius 1 is 1.14 bits per heavy atom. The van der Waals surface area contributed by atoms with Gasteiger partial charge < -0.3 is 0 Å². The SMILES string of the molecule is Cc1ccc(C)c(C2=NN(C(=O)CN(C)C(C)C)C(c3ccccc3C)C2)c1. The van der Waals surface area contributed by atoms with E-state index in [2.05, 4.69) is 69.9 Å². The largest absolute Gasteiger partial charge is 0.295 e. The third kappa shape index (κ3) is 4.17. The van der Waals surface area contributed by atoms with E-state index in [1.165, 1.54) is 22.3 Å². The van der Waals surface area contributed by atoms with E-state index in [0.717, 1.165) is 17.7 Å². The molecule has 1 aliphatic rings. The first-order chi connectivity index (χ1) is 13.3. The number of nitrogens with zero attached hydrogens (tertiary/aromatic N) is 3. The maximum absolute atomic E-state index is 13.2. The van der Waals surface area contributed by atoms with E-state index in [4.69, 9.17) is 5.10 Å². The number of carbonyl (C=O) groups excluding carboxylic acids is 1. The van der Waals surface area contributed by atoms with E-state index < -0.39 is 0 Å². The number of aryl methyl sites for hydroxylation is 3. The average molecular weight is 378 g/mol. The van der Waals surface area contributed by atoms with Gasteiger partial charge in [-0.05, 0) is 64.4 Å². The Morgan fingerprint density at radius 3 is 2.54 bits per heavy atom. The number of carbonyl (C=O) groups is 1. The minimum Gasteiger partial charge on any atom is -0.295 e. The molecule has 1 heterocycles. The third-order valence-corrected chi connectivity index (χ3v) is 5.68. The first-order valence-electron chi connectivity index (χ1n) is 10.0. The molecule has 1 unspecified atom stereocenters. The zero-order valence-electron chi connectivity index (χ0n) is 17.9. The molecule has 0 N–H and O–H groups in total. The summed E-state index contributed by atoms with van der Waals surface area (Å²) in [5.41, 5.74) is 6.91. The van der Waals surface area contributed by atoms with Crippen molar-refractivity contribution in [1.82, 2.24) is 9.91 Å². The van der Waals surface area contributed by atoms with Crippen LogP contribution in [0.15, 0.2) is 47.6 Å².